The maximum absolute atomic E-state index is 14.4. The molecule has 0 bridgehead atoms. The van der Waals surface area contributed by atoms with Crippen LogP contribution in [0, 0.1) is 37.4 Å². The van der Waals surface area contributed by atoms with Gasteiger partial charge in [0.25, 0.3) is 11.8 Å². The molecule has 2 saturated heterocycles. The number of amides is 4. The number of phenolic OH excluding ortho intramolecular Hbond substituents is 1. The summed E-state index contributed by atoms with van der Waals surface area (Å²) >= 11 is 20.8. The zero-order valence-corrected chi connectivity index (χ0v) is 26.3. The number of hydrogen-bond donors (Lipinski definition) is 1. The standard InChI is InChI=1S/C34H26Cl3FN2O5/c1-16-13-18(14-17(2)28(16)41)27-23-11-12-24-26(30(43)39(29(24)42)21-7-3-19(35)4-8-21)25(23)15-33(36)31(44)40(32(45)34(27,33)37)22-9-5-20(38)6-10-22/h3-11,13-14,24-27,41H,12,15H2,1-2H3. The smallest absolute Gasteiger partial charge is 0.258 e. The van der Waals surface area contributed by atoms with Crippen LogP contribution in [0.4, 0.5) is 15.8 Å². The van der Waals surface area contributed by atoms with Crippen molar-refractivity contribution in [3.63, 3.8) is 0 Å². The van der Waals surface area contributed by atoms with E-state index in [0.29, 0.717) is 33.0 Å². The van der Waals surface area contributed by atoms with Gasteiger partial charge in [-0.2, -0.15) is 0 Å². The minimum absolute atomic E-state index is 0.0708. The zero-order chi connectivity index (χ0) is 32.2. The summed E-state index contributed by atoms with van der Waals surface area (Å²) in [5, 5.41) is 11.0. The lowest BCUT2D eigenvalue weighted by Gasteiger charge is -2.50. The second kappa shape index (κ2) is 10.1. The van der Waals surface area contributed by atoms with E-state index in [1.54, 1.807) is 50.2 Å². The van der Waals surface area contributed by atoms with Gasteiger partial charge in [-0.25, -0.2) is 9.29 Å². The van der Waals surface area contributed by atoms with E-state index in [-0.39, 0.29) is 30.2 Å². The van der Waals surface area contributed by atoms with Gasteiger partial charge in [-0.05, 0) is 97.8 Å². The summed E-state index contributed by atoms with van der Waals surface area (Å²) in [6, 6.07) is 14.7. The van der Waals surface area contributed by atoms with Crippen molar-refractivity contribution >= 4 is 69.8 Å². The molecule has 4 amide bonds. The Morgan fingerprint density at radius 2 is 1.40 bits per heavy atom. The maximum Gasteiger partial charge on any atom is 0.258 e. The molecule has 3 fully saturated rings. The van der Waals surface area contributed by atoms with E-state index in [4.69, 9.17) is 34.8 Å². The lowest BCUT2D eigenvalue weighted by molar-refractivity contribution is -0.125. The fourth-order valence-electron chi connectivity index (χ4n) is 7.77. The topological polar surface area (TPSA) is 95.0 Å². The van der Waals surface area contributed by atoms with Crippen molar-refractivity contribution in [1.82, 2.24) is 0 Å². The number of aryl methyl sites for hydroxylation is 2. The van der Waals surface area contributed by atoms with Gasteiger partial charge in [0.1, 0.15) is 11.6 Å². The Morgan fingerprint density at radius 1 is 0.822 bits per heavy atom. The lowest BCUT2D eigenvalue weighted by Crippen LogP contribution is -2.60. The highest BCUT2D eigenvalue weighted by Crippen LogP contribution is 2.66. The van der Waals surface area contributed by atoms with Crippen LogP contribution in [0.5, 0.6) is 5.75 Å². The predicted molar refractivity (Wildman–Crippen MR) is 168 cm³/mol. The number of fused-ring (bicyclic) bond motifs is 4. The van der Waals surface area contributed by atoms with Gasteiger partial charge in [0.2, 0.25) is 11.8 Å². The largest absolute Gasteiger partial charge is 0.507 e. The van der Waals surface area contributed by atoms with E-state index in [1.165, 1.54) is 12.1 Å². The number of anilines is 2. The van der Waals surface area contributed by atoms with Crippen molar-refractivity contribution in [1.29, 1.82) is 0 Å². The quantitative estimate of drug-likeness (QED) is 0.194. The van der Waals surface area contributed by atoms with Crippen molar-refractivity contribution < 1.29 is 28.7 Å². The molecule has 0 radical (unpaired) electrons. The highest BCUT2D eigenvalue weighted by atomic mass is 35.5. The number of allylic oxidation sites excluding steroid dienone is 2. The molecule has 11 heteroatoms. The predicted octanol–water partition coefficient (Wildman–Crippen LogP) is 6.57. The van der Waals surface area contributed by atoms with Crippen LogP contribution in [-0.4, -0.2) is 38.5 Å². The van der Waals surface area contributed by atoms with Crippen molar-refractivity contribution in [2.45, 2.75) is 42.4 Å². The summed E-state index contributed by atoms with van der Waals surface area (Å²) in [4.78, 5) is 54.6. The second-order valence-corrected chi connectivity index (χ2v) is 13.9. The van der Waals surface area contributed by atoms with Gasteiger partial charge in [-0.3, -0.25) is 24.1 Å². The molecule has 6 unspecified atom stereocenters. The molecule has 0 aromatic heterocycles. The summed E-state index contributed by atoms with van der Waals surface area (Å²) < 4.78 is 13.8. The molecule has 45 heavy (non-hydrogen) atoms. The number of rotatable bonds is 3. The highest BCUT2D eigenvalue weighted by Gasteiger charge is 2.76. The molecule has 230 valence electrons. The highest BCUT2D eigenvalue weighted by molar-refractivity contribution is 6.58. The number of halogens is 4. The molecule has 4 aliphatic rings. The first-order chi connectivity index (χ1) is 21.3. The lowest BCUT2D eigenvalue weighted by atomic mass is 9.56. The van der Waals surface area contributed by atoms with Crippen molar-refractivity contribution in [2.75, 3.05) is 9.80 Å². The van der Waals surface area contributed by atoms with Gasteiger partial charge in [0, 0.05) is 10.9 Å². The number of hydrogen-bond acceptors (Lipinski definition) is 5. The van der Waals surface area contributed by atoms with Gasteiger partial charge in [-0.1, -0.05) is 35.4 Å². The third-order valence-electron chi connectivity index (χ3n) is 9.83. The van der Waals surface area contributed by atoms with Gasteiger partial charge in [0.05, 0.1) is 23.2 Å². The van der Waals surface area contributed by atoms with E-state index >= 15 is 0 Å². The van der Waals surface area contributed by atoms with Crippen molar-refractivity contribution in [2.24, 2.45) is 17.8 Å². The van der Waals surface area contributed by atoms with Gasteiger partial charge >= 0.3 is 0 Å². The average Bonchev–Trinajstić information content (AvgIpc) is 3.34. The zero-order valence-electron chi connectivity index (χ0n) is 24.1. The first kappa shape index (κ1) is 30.0. The van der Waals surface area contributed by atoms with Crippen LogP contribution in [0.25, 0.3) is 0 Å². The SMILES string of the molecule is Cc1cc(C2C3=CCC4C(=O)N(c5ccc(Cl)cc5)C(=O)C4C3CC3(Cl)C(=O)N(c4ccc(F)cc4)C(=O)C23Cl)cc(C)c1O. The molecule has 7 nitrogen and oxygen atoms in total. The van der Waals surface area contributed by atoms with Crippen LogP contribution < -0.4 is 9.80 Å². The maximum atomic E-state index is 14.4. The average molecular weight is 668 g/mol. The number of phenols is 1. The number of carbonyl (C=O) groups is 4. The van der Waals surface area contributed by atoms with Crippen LogP contribution in [0.1, 0.15) is 35.4 Å². The second-order valence-electron chi connectivity index (χ2n) is 12.2. The van der Waals surface area contributed by atoms with E-state index in [1.807, 2.05) is 6.08 Å². The molecular weight excluding hydrogens is 642 g/mol. The monoisotopic (exact) mass is 666 g/mol. The fraction of sp³-hybridized carbons (Fsp3) is 0.294. The van der Waals surface area contributed by atoms with E-state index in [0.717, 1.165) is 21.9 Å². The molecule has 0 spiro atoms. The first-order valence-corrected chi connectivity index (χ1v) is 15.6. The molecule has 7 rings (SSSR count). The Balaban J connectivity index is 1.41. The summed E-state index contributed by atoms with van der Waals surface area (Å²) in [6.45, 7) is 3.42. The fourth-order valence-corrected chi connectivity index (χ4v) is 8.83. The van der Waals surface area contributed by atoms with Gasteiger partial charge in [-0.15, -0.1) is 23.2 Å². The molecule has 2 aliphatic heterocycles. The van der Waals surface area contributed by atoms with Crippen LogP contribution in [0.3, 0.4) is 0 Å². The molecule has 1 saturated carbocycles. The Hall–Kier alpha value is -3.72. The number of benzene rings is 3. The molecule has 2 heterocycles. The Kier molecular flexibility index (Phi) is 6.75. The minimum atomic E-state index is -2.05. The molecule has 6 atom stereocenters. The summed E-state index contributed by atoms with van der Waals surface area (Å²) in [6.07, 6.45) is 1.88. The van der Waals surface area contributed by atoms with E-state index in [2.05, 4.69) is 0 Å². The third-order valence-corrected chi connectivity index (χ3v) is 11.5. The normalized spacial score (nSPS) is 30.8. The molecular formula is C34H26Cl3FN2O5. The van der Waals surface area contributed by atoms with Crippen LogP contribution in [-0.2, 0) is 19.2 Å². The molecule has 2 aliphatic carbocycles. The summed E-state index contributed by atoms with van der Waals surface area (Å²) in [7, 11) is 0. The Bertz CT molecular complexity index is 1840. The van der Waals surface area contributed by atoms with Gasteiger partial charge < -0.3 is 5.11 Å². The third kappa shape index (κ3) is 4.01. The van der Waals surface area contributed by atoms with Crippen molar-refractivity contribution in [3.8, 4) is 5.75 Å². The number of aromatic hydroxyl groups is 1. The number of nitrogens with zero attached hydrogens (tertiary/aromatic N) is 2. The summed E-state index contributed by atoms with van der Waals surface area (Å²) in [5.74, 6) is -6.15. The van der Waals surface area contributed by atoms with Crippen molar-refractivity contribution in [3.05, 3.63) is 99.8 Å². The van der Waals surface area contributed by atoms with Crippen LogP contribution in [0.2, 0.25) is 5.02 Å². The molecule has 3 aromatic carbocycles. The van der Waals surface area contributed by atoms with E-state index < -0.39 is 57.0 Å². The number of alkyl halides is 2. The molecule has 1 N–H and O–H groups in total. The molecule has 3 aromatic rings. The summed E-state index contributed by atoms with van der Waals surface area (Å²) in [5.41, 5.74) is 2.70. The Morgan fingerprint density at radius 3 is 2.02 bits per heavy atom. The van der Waals surface area contributed by atoms with Crippen LogP contribution in [0.15, 0.2) is 72.3 Å². The van der Waals surface area contributed by atoms with E-state index in [9.17, 15) is 28.7 Å². The van der Waals surface area contributed by atoms with Gasteiger partial charge in [0.15, 0.2) is 9.75 Å². The Labute approximate surface area is 273 Å². The number of carbonyl (C=O) groups excluding carboxylic acids is 4. The minimum Gasteiger partial charge on any atom is -0.507 e. The first-order valence-electron chi connectivity index (χ1n) is 14.5. The number of imide groups is 2. The van der Waals surface area contributed by atoms with Crippen LogP contribution >= 0.6 is 34.8 Å².